The van der Waals surface area contributed by atoms with E-state index in [9.17, 15) is 14.4 Å². The molecule has 0 saturated heterocycles. The second-order valence-corrected chi connectivity index (χ2v) is 12.6. The van der Waals surface area contributed by atoms with E-state index in [1.165, 1.54) is 0 Å². The van der Waals surface area contributed by atoms with Crippen LogP contribution in [0.15, 0.2) is 42.5 Å². The molecule has 0 aliphatic heterocycles. The van der Waals surface area contributed by atoms with Crippen molar-refractivity contribution in [1.82, 2.24) is 5.32 Å². The first kappa shape index (κ1) is 29.6. The highest BCUT2D eigenvalue weighted by atomic mass is 16.6. The van der Waals surface area contributed by atoms with Crippen molar-refractivity contribution in [2.75, 3.05) is 0 Å². The molecule has 0 unspecified atom stereocenters. The Morgan fingerprint density at radius 1 is 0.947 bits per heavy atom. The number of esters is 1. The van der Waals surface area contributed by atoms with Crippen LogP contribution in [0.3, 0.4) is 0 Å². The fraction of sp³-hybridized carbons (Fsp3) is 0.581. The lowest BCUT2D eigenvalue weighted by molar-refractivity contribution is -0.180. The Hall–Kier alpha value is -2.93. The maximum atomic E-state index is 13.9. The number of fused-ring (bicyclic) bond motifs is 1. The Morgan fingerprint density at radius 3 is 2.16 bits per heavy atom. The molecule has 1 fully saturated rings. The Kier molecular flexibility index (Phi) is 9.58. The van der Waals surface area contributed by atoms with Crippen molar-refractivity contribution in [1.29, 1.82) is 0 Å². The molecule has 7 heteroatoms. The highest BCUT2D eigenvalue weighted by molar-refractivity contribution is 5.92. The summed E-state index contributed by atoms with van der Waals surface area (Å²) in [7, 11) is 0. The summed E-state index contributed by atoms with van der Waals surface area (Å²) < 4.78 is 12.2. The lowest BCUT2D eigenvalue weighted by Gasteiger charge is -2.35. The highest BCUT2D eigenvalue weighted by Gasteiger charge is 2.42. The first-order chi connectivity index (χ1) is 17.7. The number of nitrogens with one attached hydrogen (secondary N) is 1. The van der Waals surface area contributed by atoms with Crippen LogP contribution in [0.2, 0.25) is 0 Å². The summed E-state index contributed by atoms with van der Waals surface area (Å²) in [5.74, 6) is -2.58. The second-order valence-electron chi connectivity index (χ2n) is 12.6. The lowest BCUT2D eigenvalue weighted by atomic mass is 9.85. The Labute approximate surface area is 226 Å². The van der Waals surface area contributed by atoms with Crippen molar-refractivity contribution in [3.05, 3.63) is 48.0 Å². The van der Waals surface area contributed by atoms with Crippen LogP contribution in [0.25, 0.3) is 10.8 Å². The van der Waals surface area contributed by atoms with E-state index >= 15 is 0 Å². The van der Waals surface area contributed by atoms with Gasteiger partial charge in [-0.25, -0.2) is 4.79 Å². The minimum absolute atomic E-state index is 0.136. The van der Waals surface area contributed by atoms with Crippen LogP contribution < -0.4 is 11.1 Å². The van der Waals surface area contributed by atoms with Gasteiger partial charge in [-0.1, -0.05) is 82.5 Å². The number of carbonyl (C=O) groups is 3. The largest absolute Gasteiger partial charge is 0.458 e. The van der Waals surface area contributed by atoms with Crippen LogP contribution >= 0.6 is 0 Å². The molecule has 1 aliphatic rings. The van der Waals surface area contributed by atoms with E-state index < -0.39 is 46.9 Å². The Bertz CT molecular complexity index is 1130. The zero-order chi connectivity index (χ0) is 28.1. The molecule has 208 valence electrons. The fourth-order valence-corrected chi connectivity index (χ4v) is 5.00. The van der Waals surface area contributed by atoms with Gasteiger partial charge in [0.1, 0.15) is 11.6 Å². The number of rotatable bonds is 9. The van der Waals surface area contributed by atoms with Gasteiger partial charge < -0.3 is 20.5 Å². The van der Waals surface area contributed by atoms with Gasteiger partial charge in [0.2, 0.25) is 11.8 Å². The SMILES string of the molecule is CC(C)(C)OC(=O)[C@@H](OC1CCCCC1)[C@@H](Cc1ccc2ccccc2c1)C(=O)N[C@H](C(N)=O)C(C)(C)C. The van der Waals surface area contributed by atoms with E-state index in [4.69, 9.17) is 15.2 Å². The third-order valence-corrected chi connectivity index (χ3v) is 6.94. The molecule has 38 heavy (non-hydrogen) atoms. The van der Waals surface area contributed by atoms with Gasteiger partial charge in [-0.2, -0.15) is 0 Å². The van der Waals surface area contributed by atoms with Crippen LogP contribution in [0.4, 0.5) is 0 Å². The number of primary amides is 1. The summed E-state index contributed by atoms with van der Waals surface area (Å²) in [6, 6.07) is 13.1. The molecule has 2 aromatic carbocycles. The highest BCUT2D eigenvalue weighted by Crippen LogP contribution is 2.29. The van der Waals surface area contributed by atoms with Gasteiger partial charge in [0.25, 0.3) is 0 Å². The molecule has 2 aromatic rings. The van der Waals surface area contributed by atoms with Crippen LogP contribution in [-0.2, 0) is 30.3 Å². The van der Waals surface area contributed by atoms with Crippen molar-refractivity contribution in [2.24, 2.45) is 17.1 Å². The number of amides is 2. The van der Waals surface area contributed by atoms with Crippen molar-refractivity contribution in [2.45, 2.75) is 104 Å². The van der Waals surface area contributed by atoms with Gasteiger partial charge in [0.15, 0.2) is 6.10 Å². The van der Waals surface area contributed by atoms with Gasteiger partial charge in [-0.05, 0) is 61.8 Å². The molecule has 1 saturated carbocycles. The summed E-state index contributed by atoms with van der Waals surface area (Å²) in [5.41, 5.74) is 5.20. The number of benzene rings is 2. The summed E-state index contributed by atoms with van der Waals surface area (Å²) >= 11 is 0. The van der Waals surface area contributed by atoms with Crippen molar-refractivity contribution >= 4 is 28.6 Å². The fourth-order valence-electron chi connectivity index (χ4n) is 5.00. The zero-order valence-electron chi connectivity index (χ0n) is 23.7. The van der Waals surface area contributed by atoms with E-state index in [1.54, 1.807) is 20.8 Å². The summed E-state index contributed by atoms with van der Waals surface area (Å²) in [5, 5.41) is 4.97. The third-order valence-electron chi connectivity index (χ3n) is 6.94. The molecule has 0 bridgehead atoms. The Balaban J connectivity index is 2.01. The van der Waals surface area contributed by atoms with Crippen molar-refractivity contribution < 1.29 is 23.9 Å². The van der Waals surface area contributed by atoms with Crippen molar-refractivity contribution in [3.63, 3.8) is 0 Å². The summed E-state index contributed by atoms with van der Waals surface area (Å²) in [6.45, 7) is 10.9. The molecule has 3 atom stereocenters. The van der Waals surface area contributed by atoms with Gasteiger partial charge in [-0.15, -0.1) is 0 Å². The summed E-state index contributed by atoms with van der Waals surface area (Å²) in [4.78, 5) is 39.8. The molecule has 7 nitrogen and oxygen atoms in total. The average Bonchev–Trinajstić information content (AvgIpc) is 2.83. The molecule has 1 aliphatic carbocycles. The number of carbonyl (C=O) groups excluding carboxylic acids is 3. The van der Waals surface area contributed by atoms with E-state index in [-0.39, 0.29) is 12.5 Å². The van der Waals surface area contributed by atoms with Gasteiger partial charge in [0.05, 0.1) is 12.0 Å². The molecule has 0 spiro atoms. The van der Waals surface area contributed by atoms with Gasteiger partial charge in [0, 0.05) is 0 Å². The maximum Gasteiger partial charge on any atom is 0.336 e. The smallest absolute Gasteiger partial charge is 0.336 e. The minimum Gasteiger partial charge on any atom is -0.458 e. The zero-order valence-corrected chi connectivity index (χ0v) is 23.7. The van der Waals surface area contributed by atoms with Crippen LogP contribution in [0, 0.1) is 11.3 Å². The van der Waals surface area contributed by atoms with E-state index in [1.807, 2.05) is 63.2 Å². The lowest BCUT2D eigenvalue weighted by Crippen LogP contribution is -2.56. The minimum atomic E-state index is -1.13. The Morgan fingerprint density at radius 2 is 1.58 bits per heavy atom. The van der Waals surface area contributed by atoms with Gasteiger partial charge in [-0.3, -0.25) is 9.59 Å². The number of hydrogen-bond donors (Lipinski definition) is 2. The molecule has 0 heterocycles. The van der Waals surface area contributed by atoms with Gasteiger partial charge >= 0.3 is 5.97 Å². The molecule has 3 rings (SSSR count). The second kappa shape index (κ2) is 12.3. The quantitative estimate of drug-likeness (QED) is 0.445. The molecular weight excluding hydrogens is 480 g/mol. The molecule has 0 aromatic heterocycles. The molecular formula is C31H44N2O5. The topological polar surface area (TPSA) is 108 Å². The average molecular weight is 525 g/mol. The maximum absolute atomic E-state index is 13.9. The number of ether oxygens (including phenoxy) is 2. The van der Waals surface area contributed by atoms with E-state index in [0.29, 0.717) is 0 Å². The van der Waals surface area contributed by atoms with E-state index in [0.717, 1.165) is 48.4 Å². The predicted molar refractivity (Wildman–Crippen MR) is 149 cm³/mol. The van der Waals surface area contributed by atoms with Crippen LogP contribution in [0.5, 0.6) is 0 Å². The predicted octanol–water partition coefficient (Wildman–Crippen LogP) is 5.07. The third kappa shape index (κ3) is 8.29. The van der Waals surface area contributed by atoms with Crippen LogP contribution in [-0.4, -0.2) is 41.6 Å². The summed E-state index contributed by atoms with van der Waals surface area (Å²) in [6.07, 6.45) is 3.79. The molecule has 2 amide bonds. The number of hydrogen-bond acceptors (Lipinski definition) is 5. The van der Waals surface area contributed by atoms with Crippen LogP contribution in [0.1, 0.15) is 79.2 Å². The first-order valence-electron chi connectivity index (χ1n) is 13.7. The first-order valence-corrected chi connectivity index (χ1v) is 13.7. The normalized spacial score (nSPS) is 17.4. The monoisotopic (exact) mass is 524 g/mol. The molecule has 0 radical (unpaired) electrons. The number of nitrogens with two attached hydrogens (primary N) is 1. The van der Waals surface area contributed by atoms with Crippen molar-refractivity contribution in [3.8, 4) is 0 Å². The van der Waals surface area contributed by atoms with E-state index in [2.05, 4.69) is 5.32 Å². The molecule has 3 N–H and O–H groups in total. The standard InChI is InChI=1S/C31H44N2O5/c1-30(2,3)26(27(32)34)33-28(35)24(19-20-16-17-21-12-10-11-13-22(21)18-20)25(29(36)38-31(4,5)6)37-23-14-8-7-9-15-23/h10-13,16-18,23-26H,7-9,14-15,19H2,1-6H3,(H2,32,34)(H,33,35)/t24-,25+,26-/m1/s1.